The summed E-state index contributed by atoms with van der Waals surface area (Å²) < 4.78 is 44.7. The molecule has 79 heavy (non-hydrogen) atoms. The van der Waals surface area contributed by atoms with Crippen molar-refractivity contribution in [1.29, 1.82) is 0 Å². The zero-order valence-electron chi connectivity index (χ0n) is 45.6. The zero-order valence-corrected chi connectivity index (χ0v) is 45.6. The molecule has 1 unspecified atom stereocenters. The molecule has 4 saturated heterocycles. The highest BCUT2D eigenvalue weighted by molar-refractivity contribution is 5.87. The predicted octanol–water partition coefficient (Wildman–Crippen LogP) is 11.4. The molecule has 0 spiro atoms. The number of amides is 4. The minimum atomic E-state index is -0.957. The summed E-state index contributed by atoms with van der Waals surface area (Å²) in [5.74, 6) is 0.253. The van der Waals surface area contributed by atoms with E-state index in [4.69, 9.17) is 30.9 Å². The van der Waals surface area contributed by atoms with Crippen LogP contribution in [0.15, 0.2) is 48.5 Å². The molecule has 8 aliphatic rings. The molecule has 16 nitrogen and oxygen atoms in total. The Labute approximate surface area is 460 Å². The van der Waals surface area contributed by atoms with Crippen LogP contribution in [0.5, 0.6) is 0 Å². The summed E-state index contributed by atoms with van der Waals surface area (Å²) in [5, 5.41) is 0. The number of hydrogen-bond acceptors (Lipinski definition) is 10. The second-order valence-corrected chi connectivity index (χ2v) is 24.9. The first-order valence-corrected chi connectivity index (χ1v) is 29.8. The van der Waals surface area contributed by atoms with E-state index in [0.717, 1.165) is 149 Å². The number of anilines is 2. The number of halogens is 2. The maximum atomic E-state index is 16.7. The predicted molar refractivity (Wildman–Crippen MR) is 294 cm³/mol. The maximum absolute atomic E-state index is 16.7. The lowest BCUT2D eigenvalue weighted by Crippen LogP contribution is -2.55. The van der Waals surface area contributed by atoms with Crippen molar-refractivity contribution in [2.24, 2.45) is 41.1 Å². The average molecular weight is 1080 g/mol. The Bertz CT molecular complexity index is 3140. The minimum absolute atomic E-state index is 0.0231. The number of likely N-dealkylation sites (tertiary alicyclic amines) is 2. The van der Waals surface area contributed by atoms with Gasteiger partial charge in [-0.2, -0.15) is 0 Å². The van der Waals surface area contributed by atoms with Crippen molar-refractivity contribution < 1.29 is 37.4 Å². The molecule has 18 heteroatoms. The topological polar surface area (TPSA) is 209 Å². The van der Waals surface area contributed by atoms with Gasteiger partial charge in [-0.05, 0) is 162 Å². The van der Waals surface area contributed by atoms with Crippen LogP contribution in [0.2, 0.25) is 0 Å². The van der Waals surface area contributed by atoms with Crippen molar-refractivity contribution in [1.82, 2.24) is 29.7 Å². The first-order valence-electron chi connectivity index (χ1n) is 29.8. The van der Waals surface area contributed by atoms with E-state index < -0.39 is 41.6 Å². The summed E-state index contributed by atoms with van der Waals surface area (Å²) in [6.07, 6.45) is 14.1. The third kappa shape index (κ3) is 8.96. The first-order chi connectivity index (χ1) is 38.2. The fourth-order valence-corrected chi connectivity index (χ4v) is 17.0. The molecular weight excluding hydrogens is 1010 g/mol. The second-order valence-electron chi connectivity index (χ2n) is 24.9. The fraction of sp³-hybridized carbons (Fsp3) is 0.607. The molecular formula is C61H76F2N10O6. The third-order valence-electron chi connectivity index (χ3n) is 20.8. The van der Waals surface area contributed by atoms with Crippen molar-refractivity contribution in [3.63, 3.8) is 0 Å². The van der Waals surface area contributed by atoms with Gasteiger partial charge in [0.25, 0.3) is 11.8 Å². The van der Waals surface area contributed by atoms with Crippen LogP contribution in [0.1, 0.15) is 183 Å². The highest BCUT2D eigenvalue weighted by Crippen LogP contribution is 2.56. The van der Waals surface area contributed by atoms with Crippen molar-refractivity contribution in [3.05, 3.63) is 82.9 Å². The Hall–Kier alpha value is -6.46. The van der Waals surface area contributed by atoms with E-state index in [2.05, 4.69) is 53.0 Å². The molecule has 420 valence electrons. The monoisotopic (exact) mass is 1080 g/mol. The highest BCUT2D eigenvalue weighted by Gasteiger charge is 2.61. The lowest BCUT2D eigenvalue weighted by molar-refractivity contribution is -0.151. The van der Waals surface area contributed by atoms with Crippen molar-refractivity contribution in [2.75, 3.05) is 22.9 Å². The van der Waals surface area contributed by atoms with E-state index in [1.807, 2.05) is 26.8 Å². The summed E-state index contributed by atoms with van der Waals surface area (Å²) in [4.78, 5) is 80.0. The summed E-state index contributed by atoms with van der Waals surface area (Å²) in [6.45, 7) is 5.52. The molecule has 4 amide bonds. The summed E-state index contributed by atoms with van der Waals surface area (Å²) >= 11 is 0. The number of hydrogen-bond donors (Lipinski definition) is 4. The van der Waals surface area contributed by atoms with Gasteiger partial charge in [0, 0.05) is 42.7 Å². The lowest BCUT2D eigenvalue weighted by atomic mass is 9.80. The van der Waals surface area contributed by atoms with Gasteiger partial charge in [0.1, 0.15) is 22.9 Å². The van der Waals surface area contributed by atoms with E-state index >= 15 is 13.6 Å². The summed E-state index contributed by atoms with van der Waals surface area (Å²) in [5.41, 5.74) is 15.9. The number of piperidine rings is 1. The SMILES string of the molecule is CC1[C@@H]2CCC[C@@H]2N(C(=O)[C@@H](OC(N)=O)C2CCCC2)[C@]1(C)c1nc2ccc([C@H]3CC[C@H](c4ccc5nc([C@@H]6C[C@@H]7CCC[C@@H]7N6C(=O)[C@@H](OC(N)=O)C6CCCC6)[nH]c5c4)N3c3cc(F)c(N4CCCCC4)c(F)c3)cc2[nH]1. The minimum Gasteiger partial charge on any atom is -0.436 e. The number of benzene rings is 3. The molecule has 0 radical (unpaired) electrons. The lowest BCUT2D eigenvalue weighted by Gasteiger charge is -2.41. The van der Waals surface area contributed by atoms with Crippen LogP contribution in [0.3, 0.4) is 0 Å². The molecule has 8 fully saturated rings. The van der Waals surface area contributed by atoms with Crippen molar-refractivity contribution in [3.8, 4) is 0 Å². The van der Waals surface area contributed by atoms with Gasteiger partial charge in [-0.1, -0.05) is 57.6 Å². The molecule has 4 saturated carbocycles. The number of carbonyl (C=O) groups is 4. The van der Waals surface area contributed by atoms with Gasteiger partial charge >= 0.3 is 12.2 Å². The van der Waals surface area contributed by atoms with Gasteiger partial charge in [0.15, 0.2) is 23.8 Å². The number of primary amides is 2. The molecule has 4 aliphatic heterocycles. The average Bonchev–Trinajstić information content (AvgIpc) is 4.44. The molecule has 11 atom stereocenters. The van der Waals surface area contributed by atoms with Gasteiger partial charge in [-0.3, -0.25) is 9.59 Å². The summed E-state index contributed by atoms with van der Waals surface area (Å²) in [7, 11) is 0. The van der Waals surface area contributed by atoms with E-state index in [1.54, 1.807) is 0 Å². The van der Waals surface area contributed by atoms with Gasteiger partial charge in [0.2, 0.25) is 0 Å². The van der Waals surface area contributed by atoms with Crippen LogP contribution in [-0.4, -0.2) is 91.1 Å². The van der Waals surface area contributed by atoms with E-state index in [1.165, 1.54) is 12.1 Å². The van der Waals surface area contributed by atoms with Crippen LogP contribution in [0.25, 0.3) is 22.1 Å². The van der Waals surface area contributed by atoms with E-state index in [-0.39, 0.29) is 71.4 Å². The van der Waals surface area contributed by atoms with Crippen molar-refractivity contribution >= 4 is 57.4 Å². The molecule has 0 bridgehead atoms. The first kappa shape index (κ1) is 51.9. The molecule has 13 rings (SSSR count). The van der Waals surface area contributed by atoms with Gasteiger partial charge in [0.05, 0.1) is 40.2 Å². The van der Waals surface area contributed by atoms with Crippen LogP contribution in [0, 0.1) is 41.2 Å². The summed E-state index contributed by atoms with van der Waals surface area (Å²) in [6, 6.07) is 14.4. The van der Waals surface area contributed by atoms with Crippen LogP contribution < -0.4 is 21.3 Å². The normalized spacial score (nSPS) is 30.0. The smallest absolute Gasteiger partial charge is 0.405 e. The highest BCUT2D eigenvalue weighted by atomic mass is 19.1. The molecule has 4 aliphatic carbocycles. The van der Waals surface area contributed by atoms with Gasteiger partial charge in [-0.25, -0.2) is 28.3 Å². The van der Waals surface area contributed by atoms with E-state index in [9.17, 15) is 14.4 Å². The zero-order chi connectivity index (χ0) is 54.4. The Balaban J connectivity index is 0.846. The Morgan fingerprint density at radius 3 is 1.84 bits per heavy atom. The van der Waals surface area contributed by atoms with Crippen LogP contribution >= 0.6 is 0 Å². The number of carbonyl (C=O) groups excluding carboxylic acids is 4. The number of aromatic nitrogens is 4. The molecule has 6 heterocycles. The number of ether oxygens (including phenoxy) is 2. The third-order valence-corrected chi connectivity index (χ3v) is 20.8. The Kier molecular flexibility index (Phi) is 13.5. The number of aromatic amines is 2. The number of nitrogens with two attached hydrogens (primary N) is 2. The fourth-order valence-electron chi connectivity index (χ4n) is 17.0. The maximum Gasteiger partial charge on any atom is 0.405 e. The molecule has 2 aromatic heterocycles. The standard InChI is InChI=1S/C61H76F2N10O6/c1-33-40-17-11-19-50(40)73(57(75)54(79-60(65)77)35-14-6-7-15-35)61(33,2)58-68-44-23-21-38(29-46(44)69-58)49-25-24-48(71(49)39-31-41(62)52(42(63)32-39)70-26-8-3-9-27-70)37-20-22-43-45(28-37)67-55(66-43)51-30-36-16-10-18-47(36)72(51)56(74)53(78-59(64)76)34-12-4-5-13-34/h20-23,28-29,31-36,40,47-51,53-54H,3-19,24-27,30H2,1-2H3,(H2,64,76)(H2,65,77)(H,66,67)(H,68,69)/t33?,36-,40-,47-,48+,49+,50-,51-,53-,54-,61-/m0/s1. The number of fused-ring (bicyclic) bond motifs is 4. The number of imidazole rings is 2. The van der Waals surface area contributed by atoms with E-state index in [0.29, 0.717) is 49.2 Å². The van der Waals surface area contributed by atoms with Crippen molar-refractivity contribution in [2.45, 2.75) is 190 Å². The van der Waals surface area contributed by atoms with Crippen LogP contribution in [0.4, 0.5) is 29.7 Å². The molecule has 3 aromatic carbocycles. The number of H-pyrrole nitrogens is 2. The second kappa shape index (κ2) is 20.6. The number of nitrogens with zero attached hydrogens (tertiary/aromatic N) is 6. The van der Waals surface area contributed by atoms with Gasteiger partial charge in [-0.15, -0.1) is 0 Å². The number of nitrogens with one attached hydrogen (secondary N) is 2. The number of rotatable bonds is 12. The Morgan fingerprint density at radius 2 is 1.22 bits per heavy atom. The van der Waals surface area contributed by atoms with Crippen LogP contribution in [-0.2, 0) is 24.6 Å². The largest absolute Gasteiger partial charge is 0.436 e. The Morgan fingerprint density at radius 1 is 0.646 bits per heavy atom. The van der Waals surface area contributed by atoms with Gasteiger partial charge < -0.3 is 50.5 Å². The molecule has 6 N–H and O–H groups in total. The molecule has 5 aromatic rings. The quantitative estimate of drug-likeness (QED) is 0.0929.